The topological polar surface area (TPSA) is 108 Å². The summed E-state index contributed by atoms with van der Waals surface area (Å²) < 4.78 is 10.7. The molecule has 1 aromatic carbocycles. The van der Waals surface area contributed by atoms with E-state index in [1.165, 1.54) is 25.3 Å². The lowest BCUT2D eigenvalue weighted by Gasteiger charge is -2.16. The van der Waals surface area contributed by atoms with Crippen LogP contribution in [-0.4, -0.2) is 52.2 Å². The van der Waals surface area contributed by atoms with E-state index in [-0.39, 0.29) is 17.7 Å². The van der Waals surface area contributed by atoms with Gasteiger partial charge in [0.05, 0.1) is 18.6 Å². The number of rotatable bonds is 5. The summed E-state index contributed by atoms with van der Waals surface area (Å²) in [4.78, 5) is 24.4. The molecule has 9 heteroatoms. The molecule has 2 aromatic rings. The van der Waals surface area contributed by atoms with Crippen molar-refractivity contribution in [3.8, 4) is 11.8 Å². The van der Waals surface area contributed by atoms with Crippen LogP contribution >= 0.6 is 0 Å². The van der Waals surface area contributed by atoms with Crippen molar-refractivity contribution in [1.29, 1.82) is 0 Å². The second-order valence-electron chi connectivity index (χ2n) is 5.50. The monoisotopic (exact) mass is 344 g/mol. The van der Waals surface area contributed by atoms with Crippen LogP contribution in [0.4, 0.5) is 5.69 Å². The van der Waals surface area contributed by atoms with Crippen LogP contribution in [0.1, 0.15) is 16.8 Å². The molecule has 1 saturated heterocycles. The van der Waals surface area contributed by atoms with Crippen LogP contribution in [0.3, 0.4) is 0 Å². The average molecular weight is 344 g/mol. The van der Waals surface area contributed by atoms with E-state index in [0.717, 1.165) is 0 Å². The zero-order chi connectivity index (χ0) is 17.8. The Morgan fingerprint density at radius 3 is 2.72 bits per heavy atom. The largest absolute Gasteiger partial charge is 0.480 e. The van der Waals surface area contributed by atoms with Crippen LogP contribution in [0.25, 0.3) is 0 Å². The van der Waals surface area contributed by atoms with Gasteiger partial charge in [-0.05, 0) is 6.07 Å². The van der Waals surface area contributed by atoms with E-state index in [1.807, 2.05) is 0 Å². The summed E-state index contributed by atoms with van der Waals surface area (Å²) in [6, 6.07) is 9.00. The molecular formula is C16H16N4O5. The minimum absolute atomic E-state index is 0.105. The molecule has 1 aliphatic rings. The van der Waals surface area contributed by atoms with Crippen molar-refractivity contribution in [1.82, 2.24) is 15.1 Å². The number of likely N-dealkylation sites (tertiary alicyclic amines) is 1. The fraction of sp³-hybridized carbons (Fsp3) is 0.312. The van der Waals surface area contributed by atoms with Crippen molar-refractivity contribution in [2.45, 2.75) is 12.5 Å². The number of hydrogen-bond acceptors (Lipinski definition) is 7. The Bertz CT molecular complexity index is 780. The number of non-ortho nitro benzene ring substituents is 1. The lowest BCUT2D eigenvalue weighted by Crippen LogP contribution is -2.31. The van der Waals surface area contributed by atoms with E-state index in [9.17, 15) is 14.9 Å². The highest BCUT2D eigenvalue weighted by Gasteiger charge is 2.29. The first kappa shape index (κ1) is 16.6. The van der Waals surface area contributed by atoms with Gasteiger partial charge < -0.3 is 14.4 Å². The smallest absolute Gasteiger partial charge is 0.270 e. The minimum Gasteiger partial charge on any atom is -0.480 e. The maximum atomic E-state index is 12.5. The number of nitro benzene ring substituents is 1. The van der Waals surface area contributed by atoms with Crippen molar-refractivity contribution in [2.24, 2.45) is 0 Å². The van der Waals surface area contributed by atoms with Gasteiger partial charge in [-0.2, -0.15) is 0 Å². The summed E-state index contributed by atoms with van der Waals surface area (Å²) >= 11 is 0. The number of carbonyl (C=O) groups is 1. The number of aromatic nitrogens is 2. The van der Waals surface area contributed by atoms with Gasteiger partial charge in [0, 0.05) is 42.8 Å². The third-order valence-electron chi connectivity index (χ3n) is 3.85. The number of nitrogens with zero attached hydrogens (tertiary/aromatic N) is 4. The zero-order valence-corrected chi connectivity index (χ0v) is 13.5. The van der Waals surface area contributed by atoms with E-state index in [1.54, 1.807) is 23.1 Å². The molecule has 0 radical (unpaired) electrons. The van der Waals surface area contributed by atoms with Crippen LogP contribution in [-0.2, 0) is 0 Å². The fourth-order valence-electron chi connectivity index (χ4n) is 2.59. The maximum Gasteiger partial charge on any atom is 0.270 e. The quantitative estimate of drug-likeness (QED) is 0.600. The Kier molecular flexibility index (Phi) is 4.73. The van der Waals surface area contributed by atoms with Gasteiger partial charge in [0.15, 0.2) is 0 Å². The molecule has 25 heavy (non-hydrogen) atoms. The molecule has 0 bridgehead atoms. The standard InChI is InChI=1S/C16H16N4O5/c1-24-14-5-6-15(18-17-14)25-13-7-8-19(10-13)16(21)11-3-2-4-12(9-11)20(22)23/h2-6,9,13H,7-8,10H2,1H3. The van der Waals surface area contributed by atoms with E-state index >= 15 is 0 Å². The minimum atomic E-state index is -0.519. The predicted molar refractivity (Wildman–Crippen MR) is 86.6 cm³/mol. The lowest BCUT2D eigenvalue weighted by atomic mass is 10.2. The van der Waals surface area contributed by atoms with Crippen molar-refractivity contribution in [3.05, 3.63) is 52.1 Å². The number of ether oxygens (including phenoxy) is 2. The molecule has 1 aliphatic heterocycles. The fourth-order valence-corrected chi connectivity index (χ4v) is 2.59. The third-order valence-corrected chi connectivity index (χ3v) is 3.85. The lowest BCUT2D eigenvalue weighted by molar-refractivity contribution is -0.384. The van der Waals surface area contributed by atoms with Crippen LogP contribution in [0, 0.1) is 10.1 Å². The number of hydrogen-bond donors (Lipinski definition) is 0. The van der Waals surface area contributed by atoms with Crippen molar-refractivity contribution < 1.29 is 19.2 Å². The van der Waals surface area contributed by atoms with E-state index in [4.69, 9.17) is 9.47 Å². The van der Waals surface area contributed by atoms with Crippen LogP contribution in [0.5, 0.6) is 11.8 Å². The van der Waals surface area contributed by atoms with Gasteiger partial charge in [-0.3, -0.25) is 14.9 Å². The highest BCUT2D eigenvalue weighted by Crippen LogP contribution is 2.21. The molecule has 1 atom stereocenters. The molecular weight excluding hydrogens is 328 g/mol. The first-order chi connectivity index (χ1) is 12.1. The van der Waals surface area contributed by atoms with Crippen LogP contribution in [0.2, 0.25) is 0 Å². The molecule has 3 rings (SSSR count). The molecule has 1 fully saturated rings. The Morgan fingerprint density at radius 2 is 2.04 bits per heavy atom. The van der Waals surface area contributed by atoms with Gasteiger partial charge in [-0.1, -0.05) is 6.07 Å². The van der Waals surface area contributed by atoms with Crippen molar-refractivity contribution in [2.75, 3.05) is 20.2 Å². The molecule has 0 aliphatic carbocycles. The molecule has 2 heterocycles. The van der Waals surface area contributed by atoms with Crippen LogP contribution < -0.4 is 9.47 Å². The molecule has 1 aromatic heterocycles. The summed E-state index contributed by atoms with van der Waals surface area (Å²) in [6.45, 7) is 0.894. The molecule has 0 N–H and O–H groups in total. The molecule has 130 valence electrons. The molecule has 1 amide bonds. The maximum absolute atomic E-state index is 12.5. The van der Waals surface area contributed by atoms with Gasteiger partial charge in [0.1, 0.15) is 6.10 Å². The van der Waals surface area contributed by atoms with Gasteiger partial charge in [-0.15, -0.1) is 10.2 Å². The summed E-state index contributed by atoms with van der Waals surface area (Å²) in [5.41, 5.74) is 0.186. The van der Waals surface area contributed by atoms with E-state index in [2.05, 4.69) is 10.2 Å². The summed E-state index contributed by atoms with van der Waals surface area (Å²) in [5, 5.41) is 18.6. The average Bonchev–Trinajstić information content (AvgIpc) is 3.10. The van der Waals surface area contributed by atoms with E-state index < -0.39 is 4.92 Å². The van der Waals surface area contributed by atoms with Gasteiger partial charge in [0.2, 0.25) is 11.8 Å². The Labute approximate surface area is 143 Å². The normalized spacial score (nSPS) is 16.5. The van der Waals surface area contributed by atoms with Gasteiger partial charge in [0.25, 0.3) is 11.6 Å². The number of amides is 1. The highest BCUT2D eigenvalue weighted by atomic mass is 16.6. The van der Waals surface area contributed by atoms with Crippen molar-refractivity contribution >= 4 is 11.6 Å². The summed E-state index contributed by atoms with van der Waals surface area (Å²) in [5.74, 6) is 0.493. The molecule has 0 spiro atoms. The highest BCUT2D eigenvalue weighted by molar-refractivity contribution is 5.95. The summed E-state index contributed by atoms with van der Waals surface area (Å²) in [6.07, 6.45) is 0.444. The Morgan fingerprint density at radius 1 is 1.28 bits per heavy atom. The predicted octanol–water partition coefficient (Wildman–Crippen LogP) is 1.69. The van der Waals surface area contributed by atoms with E-state index in [0.29, 0.717) is 36.8 Å². The third kappa shape index (κ3) is 3.82. The number of methoxy groups -OCH3 is 1. The second-order valence-corrected chi connectivity index (χ2v) is 5.50. The number of carbonyl (C=O) groups excluding carboxylic acids is 1. The second kappa shape index (κ2) is 7.12. The zero-order valence-electron chi connectivity index (χ0n) is 13.5. The molecule has 1 unspecified atom stereocenters. The van der Waals surface area contributed by atoms with Gasteiger partial charge in [-0.25, -0.2) is 0 Å². The van der Waals surface area contributed by atoms with Gasteiger partial charge >= 0.3 is 0 Å². The molecule has 0 saturated carbocycles. The Balaban J connectivity index is 1.62. The van der Waals surface area contributed by atoms with Crippen molar-refractivity contribution in [3.63, 3.8) is 0 Å². The number of nitro groups is 1. The first-order valence-corrected chi connectivity index (χ1v) is 7.65. The summed E-state index contributed by atoms with van der Waals surface area (Å²) in [7, 11) is 1.50. The molecule has 9 nitrogen and oxygen atoms in total. The van der Waals surface area contributed by atoms with Crippen LogP contribution in [0.15, 0.2) is 36.4 Å². The number of benzene rings is 1. The first-order valence-electron chi connectivity index (χ1n) is 7.65. The SMILES string of the molecule is COc1ccc(OC2CCN(C(=O)c3cccc([N+](=O)[O-])c3)C2)nn1. The Hall–Kier alpha value is -3.23.